The van der Waals surface area contributed by atoms with Crippen molar-refractivity contribution < 1.29 is 4.39 Å². The normalized spacial score (nSPS) is 23.0. The van der Waals surface area contributed by atoms with Gasteiger partial charge in [-0.25, -0.2) is 9.37 Å². The summed E-state index contributed by atoms with van der Waals surface area (Å²) in [7, 11) is 0. The molecule has 204 valence electrons. The van der Waals surface area contributed by atoms with Gasteiger partial charge in [0.15, 0.2) is 5.83 Å². The van der Waals surface area contributed by atoms with Crippen LogP contribution in [-0.2, 0) is 0 Å². The van der Waals surface area contributed by atoms with Crippen LogP contribution in [-0.4, -0.2) is 29.0 Å². The highest BCUT2D eigenvalue weighted by atomic mass is 19.1. The lowest BCUT2D eigenvalue weighted by Crippen LogP contribution is -2.29. The molecule has 0 bridgehead atoms. The summed E-state index contributed by atoms with van der Waals surface area (Å²) in [6.45, 7) is 19.3. The molecule has 0 atom stereocenters. The molecule has 4 N–H and O–H groups in total. The van der Waals surface area contributed by atoms with Gasteiger partial charge in [-0.15, -0.1) is 0 Å². The second kappa shape index (κ2) is 11.8. The topological polar surface area (TPSA) is 66.2 Å². The summed E-state index contributed by atoms with van der Waals surface area (Å²) in [5.41, 5.74) is 15.4. The minimum Gasteiger partial charge on any atom is -0.398 e. The summed E-state index contributed by atoms with van der Waals surface area (Å²) in [6, 6.07) is 12.5. The molecule has 1 aromatic carbocycles. The van der Waals surface area contributed by atoms with Crippen molar-refractivity contribution >= 4 is 16.6 Å². The molecule has 2 aliphatic rings. The lowest BCUT2D eigenvalue weighted by Gasteiger charge is -2.24. The Morgan fingerprint density at radius 2 is 1.77 bits per heavy atom. The van der Waals surface area contributed by atoms with Gasteiger partial charge in [-0.1, -0.05) is 43.0 Å². The zero-order valence-corrected chi connectivity index (χ0v) is 23.8. The fraction of sp³-hybridized carbons (Fsp3) is 0.303. The number of nitrogens with two attached hydrogens (primary N) is 1. The lowest BCUT2D eigenvalue weighted by molar-refractivity contribution is 0.467. The number of halogens is 1. The van der Waals surface area contributed by atoms with Gasteiger partial charge in [0.25, 0.3) is 0 Å². The average Bonchev–Trinajstić information content (AvgIpc) is 3.76. The standard InChI is InChI=1S/C33H40FN5/c1-20(2)27-18-39(26-13-14-26)19-28(34)33(24(7)31(35)23(6)22(27)5)37-17-16-36-32(21(3)4)30-15-12-25-10-8-9-11-29(25)38-30/h8-12,15,18-19,26,36-37H,1,5,13-14,16-17,35H2,2-4,6-7H3/b27-18-,28-19-,31-23-,33-24+. The van der Waals surface area contributed by atoms with Crippen molar-refractivity contribution in [3.63, 3.8) is 0 Å². The Kier molecular flexibility index (Phi) is 8.44. The Labute approximate surface area is 232 Å². The molecule has 0 unspecified atom stereocenters. The van der Waals surface area contributed by atoms with E-state index >= 15 is 4.39 Å². The first kappa shape index (κ1) is 28.0. The molecule has 1 fully saturated rings. The van der Waals surface area contributed by atoms with Gasteiger partial charge in [-0.2, -0.15) is 0 Å². The maximum absolute atomic E-state index is 15.9. The van der Waals surface area contributed by atoms with Gasteiger partial charge in [0.2, 0.25) is 0 Å². The van der Waals surface area contributed by atoms with Crippen LogP contribution in [0.2, 0.25) is 0 Å². The number of hydrogen-bond donors (Lipinski definition) is 3. The summed E-state index contributed by atoms with van der Waals surface area (Å²) < 4.78 is 15.9. The molecule has 0 radical (unpaired) electrons. The Balaban J connectivity index is 1.57. The van der Waals surface area contributed by atoms with Crippen LogP contribution in [0.3, 0.4) is 0 Å². The number of benzene rings is 1. The lowest BCUT2D eigenvalue weighted by atomic mass is 9.92. The largest absolute Gasteiger partial charge is 0.398 e. The van der Waals surface area contributed by atoms with Crippen molar-refractivity contribution in [1.82, 2.24) is 20.5 Å². The van der Waals surface area contributed by atoms with Crippen molar-refractivity contribution in [1.29, 1.82) is 0 Å². The van der Waals surface area contributed by atoms with E-state index in [4.69, 9.17) is 10.7 Å². The number of hydrogen-bond acceptors (Lipinski definition) is 5. The van der Waals surface area contributed by atoms with Crippen LogP contribution in [0.5, 0.6) is 0 Å². The number of nitrogens with one attached hydrogen (secondary N) is 2. The highest BCUT2D eigenvalue weighted by Gasteiger charge is 2.28. The zero-order chi connectivity index (χ0) is 28.3. The molecule has 39 heavy (non-hydrogen) atoms. The van der Waals surface area contributed by atoms with E-state index in [-0.39, 0.29) is 11.9 Å². The minimum atomic E-state index is -0.349. The van der Waals surface area contributed by atoms with E-state index < -0.39 is 0 Å². The minimum absolute atomic E-state index is 0.275. The zero-order valence-electron chi connectivity index (χ0n) is 23.8. The molecule has 1 aliphatic carbocycles. The van der Waals surface area contributed by atoms with E-state index in [1.54, 1.807) is 6.20 Å². The first-order chi connectivity index (χ1) is 18.6. The fourth-order valence-electron chi connectivity index (χ4n) is 4.69. The summed E-state index contributed by atoms with van der Waals surface area (Å²) >= 11 is 0. The molecule has 0 amide bonds. The molecule has 1 saturated carbocycles. The van der Waals surface area contributed by atoms with Crippen LogP contribution >= 0.6 is 0 Å². The Hall–Kier alpha value is -4.06. The van der Waals surface area contributed by atoms with E-state index in [9.17, 15) is 0 Å². The second-order valence-electron chi connectivity index (χ2n) is 10.6. The third-order valence-electron chi connectivity index (χ3n) is 7.25. The van der Waals surface area contributed by atoms with Crippen molar-refractivity contribution in [3.05, 3.63) is 118 Å². The third-order valence-corrected chi connectivity index (χ3v) is 7.25. The summed E-state index contributed by atoms with van der Waals surface area (Å²) in [5, 5.41) is 7.92. The third kappa shape index (κ3) is 6.33. The molecule has 2 aromatic rings. The smallest absolute Gasteiger partial charge is 0.162 e. The van der Waals surface area contributed by atoms with Crippen LogP contribution in [0.25, 0.3) is 16.6 Å². The van der Waals surface area contributed by atoms with Crippen LogP contribution in [0.1, 0.15) is 53.2 Å². The maximum atomic E-state index is 15.9. The van der Waals surface area contributed by atoms with Crippen molar-refractivity contribution in [2.75, 3.05) is 13.1 Å². The number of pyridine rings is 1. The number of aromatic nitrogens is 1. The number of allylic oxidation sites excluding steroid dienone is 7. The summed E-state index contributed by atoms with van der Waals surface area (Å²) in [4.78, 5) is 6.80. The molecule has 0 spiro atoms. The Morgan fingerprint density at radius 1 is 1.05 bits per heavy atom. The Morgan fingerprint density at radius 3 is 2.44 bits per heavy atom. The van der Waals surface area contributed by atoms with Crippen molar-refractivity contribution in [3.8, 4) is 0 Å². The van der Waals surface area contributed by atoms with Crippen molar-refractivity contribution in [2.24, 2.45) is 5.73 Å². The highest BCUT2D eigenvalue weighted by molar-refractivity contribution is 5.81. The Bertz CT molecular complexity index is 1460. The van der Waals surface area contributed by atoms with Gasteiger partial charge in [0.05, 0.1) is 22.6 Å². The number of nitrogens with zero attached hydrogens (tertiary/aromatic N) is 2. The molecule has 1 aliphatic heterocycles. The van der Waals surface area contributed by atoms with Gasteiger partial charge in [-0.05, 0) is 87.5 Å². The predicted octanol–water partition coefficient (Wildman–Crippen LogP) is 6.98. The van der Waals surface area contributed by atoms with Crippen molar-refractivity contribution in [2.45, 2.75) is 53.5 Å². The summed E-state index contributed by atoms with van der Waals surface area (Å²) in [6.07, 6.45) is 5.57. The van der Waals surface area contributed by atoms with E-state index in [2.05, 4.69) is 49.8 Å². The molecule has 6 heteroatoms. The predicted molar refractivity (Wildman–Crippen MR) is 162 cm³/mol. The first-order valence-electron chi connectivity index (χ1n) is 13.5. The van der Waals surface area contributed by atoms with Crippen LogP contribution in [0.4, 0.5) is 4.39 Å². The van der Waals surface area contributed by atoms with E-state index in [0.29, 0.717) is 30.1 Å². The highest BCUT2D eigenvalue weighted by Crippen LogP contribution is 2.34. The molecule has 0 saturated heterocycles. The number of fused-ring (bicyclic) bond motifs is 1. The van der Waals surface area contributed by atoms with Gasteiger partial charge in [0.1, 0.15) is 0 Å². The second-order valence-corrected chi connectivity index (χ2v) is 10.6. The number of rotatable bonds is 8. The molecule has 5 nitrogen and oxygen atoms in total. The average molecular weight is 526 g/mol. The maximum Gasteiger partial charge on any atom is 0.162 e. The molecule has 4 rings (SSSR count). The SMILES string of the molecule is C=C(C)/C1=C/N(C2CC2)/C=C(F)/C(NCCNC(=C(C)C)c2ccc3ccccc3n2)=C(C)\C(N)=C(/C)C1=C. The van der Waals surface area contributed by atoms with Gasteiger partial charge >= 0.3 is 0 Å². The van der Waals surface area contributed by atoms with Crippen LogP contribution in [0, 0.1) is 0 Å². The fourth-order valence-corrected chi connectivity index (χ4v) is 4.69. The van der Waals surface area contributed by atoms with Crippen LogP contribution in [0.15, 0.2) is 113 Å². The van der Waals surface area contributed by atoms with Gasteiger partial charge in [0, 0.05) is 42.6 Å². The first-order valence-corrected chi connectivity index (χ1v) is 13.5. The van der Waals surface area contributed by atoms with Crippen LogP contribution < -0.4 is 16.4 Å². The molecular weight excluding hydrogens is 485 g/mol. The molecule has 2 heterocycles. The van der Waals surface area contributed by atoms with E-state index in [1.165, 1.54) is 0 Å². The summed E-state index contributed by atoms with van der Waals surface area (Å²) in [5.74, 6) is -0.349. The van der Waals surface area contributed by atoms with E-state index in [1.807, 2.05) is 56.1 Å². The van der Waals surface area contributed by atoms with Gasteiger partial charge in [-0.3, -0.25) is 0 Å². The molecular formula is C33H40FN5. The quantitative estimate of drug-likeness (QED) is 0.325. The monoisotopic (exact) mass is 525 g/mol. The molecule has 1 aromatic heterocycles. The van der Waals surface area contributed by atoms with E-state index in [0.717, 1.165) is 63.0 Å². The van der Waals surface area contributed by atoms with Gasteiger partial charge < -0.3 is 21.3 Å². The number of para-hydroxylation sites is 1.